The molecule has 1 saturated heterocycles. The van der Waals surface area contributed by atoms with Gasteiger partial charge in [-0.15, -0.1) is 0 Å². The summed E-state index contributed by atoms with van der Waals surface area (Å²) in [6.07, 6.45) is -0.113. The Morgan fingerprint density at radius 3 is 2.79 bits per heavy atom. The molecular formula is C16H21FN4O3. The van der Waals surface area contributed by atoms with Crippen LogP contribution in [0.25, 0.3) is 0 Å². The van der Waals surface area contributed by atoms with E-state index in [-0.39, 0.29) is 18.9 Å². The standard InChI is InChI=1S/C16H21FN4O3/c1-20(2)7-6-18-14(22)9-13-15(23)21(16(24)19-13)10-11-4-3-5-12(17)8-11/h3-5,8,13H,6-7,9-10H2,1-2H3,(H,18,22)(H,19,24). The molecule has 1 fully saturated rings. The van der Waals surface area contributed by atoms with Crippen LogP contribution in [0.2, 0.25) is 0 Å². The first-order valence-electron chi connectivity index (χ1n) is 7.64. The Hall–Kier alpha value is -2.48. The predicted molar refractivity (Wildman–Crippen MR) is 85.5 cm³/mol. The molecule has 1 aliphatic rings. The summed E-state index contributed by atoms with van der Waals surface area (Å²) in [7, 11) is 3.77. The van der Waals surface area contributed by atoms with E-state index >= 15 is 0 Å². The van der Waals surface area contributed by atoms with Gasteiger partial charge in [-0.05, 0) is 31.8 Å². The Kier molecular flexibility index (Phi) is 5.86. The SMILES string of the molecule is CN(C)CCNC(=O)CC1NC(=O)N(Cc2cccc(F)c2)C1=O. The molecule has 0 radical (unpaired) electrons. The second-order valence-electron chi connectivity index (χ2n) is 5.91. The third-order valence-corrected chi connectivity index (χ3v) is 3.61. The molecule has 8 heteroatoms. The molecule has 1 heterocycles. The molecular weight excluding hydrogens is 315 g/mol. The molecule has 0 aliphatic carbocycles. The molecule has 2 N–H and O–H groups in total. The lowest BCUT2D eigenvalue weighted by molar-refractivity contribution is -0.131. The summed E-state index contributed by atoms with van der Waals surface area (Å²) in [5.74, 6) is -1.22. The van der Waals surface area contributed by atoms with Crippen LogP contribution in [0.3, 0.4) is 0 Å². The highest BCUT2D eigenvalue weighted by atomic mass is 19.1. The second kappa shape index (κ2) is 7.87. The van der Waals surface area contributed by atoms with Crippen molar-refractivity contribution in [3.63, 3.8) is 0 Å². The Bertz CT molecular complexity index is 636. The summed E-state index contributed by atoms with van der Waals surface area (Å²) in [5.41, 5.74) is 0.509. The van der Waals surface area contributed by atoms with E-state index in [0.717, 1.165) is 4.90 Å². The summed E-state index contributed by atoms with van der Waals surface area (Å²) >= 11 is 0. The molecule has 7 nitrogen and oxygen atoms in total. The average molecular weight is 336 g/mol. The minimum absolute atomic E-state index is 0.0266. The van der Waals surface area contributed by atoms with Crippen molar-refractivity contribution >= 4 is 17.8 Å². The third kappa shape index (κ3) is 4.76. The summed E-state index contributed by atoms with van der Waals surface area (Å²) in [6, 6.07) is 4.24. The summed E-state index contributed by atoms with van der Waals surface area (Å²) < 4.78 is 13.2. The summed E-state index contributed by atoms with van der Waals surface area (Å²) in [6.45, 7) is 1.12. The Labute approximate surface area is 139 Å². The molecule has 1 aromatic rings. The van der Waals surface area contributed by atoms with Crippen LogP contribution >= 0.6 is 0 Å². The highest BCUT2D eigenvalue weighted by molar-refractivity contribution is 6.05. The number of rotatable bonds is 7. The van der Waals surface area contributed by atoms with Gasteiger partial charge >= 0.3 is 6.03 Å². The maximum atomic E-state index is 13.2. The molecule has 130 valence electrons. The van der Waals surface area contributed by atoms with E-state index in [4.69, 9.17) is 0 Å². The van der Waals surface area contributed by atoms with Gasteiger partial charge in [-0.2, -0.15) is 0 Å². The molecule has 0 spiro atoms. The number of nitrogens with zero attached hydrogens (tertiary/aromatic N) is 2. The minimum Gasteiger partial charge on any atom is -0.355 e. The molecule has 0 bridgehead atoms. The smallest absolute Gasteiger partial charge is 0.325 e. The lowest BCUT2D eigenvalue weighted by Crippen LogP contribution is -2.38. The van der Waals surface area contributed by atoms with Crippen LogP contribution in [0.4, 0.5) is 9.18 Å². The first kappa shape index (κ1) is 17.9. The zero-order chi connectivity index (χ0) is 17.7. The Morgan fingerprint density at radius 2 is 2.12 bits per heavy atom. The largest absolute Gasteiger partial charge is 0.355 e. The van der Waals surface area contributed by atoms with Crippen molar-refractivity contribution in [1.82, 2.24) is 20.4 Å². The van der Waals surface area contributed by atoms with Crippen molar-refractivity contribution in [2.45, 2.75) is 19.0 Å². The molecule has 1 aromatic carbocycles. The van der Waals surface area contributed by atoms with Gasteiger partial charge in [0.15, 0.2) is 0 Å². The predicted octanol–water partition coefficient (Wildman–Crippen LogP) is 0.314. The molecule has 1 atom stereocenters. The van der Waals surface area contributed by atoms with Crippen LogP contribution in [-0.2, 0) is 16.1 Å². The fourth-order valence-electron chi connectivity index (χ4n) is 2.36. The molecule has 0 saturated carbocycles. The first-order valence-corrected chi connectivity index (χ1v) is 7.64. The van der Waals surface area contributed by atoms with Gasteiger partial charge < -0.3 is 15.5 Å². The van der Waals surface area contributed by atoms with Gasteiger partial charge in [0.2, 0.25) is 5.91 Å². The number of benzene rings is 1. The zero-order valence-corrected chi connectivity index (χ0v) is 13.7. The Balaban J connectivity index is 1.90. The number of carbonyl (C=O) groups is 3. The molecule has 2 rings (SSSR count). The average Bonchev–Trinajstić information content (AvgIpc) is 2.74. The minimum atomic E-state index is -0.884. The van der Waals surface area contributed by atoms with Crippen LogP contribution < -0.4 is 10.6 Å². The number of likely N-dealkylation sites (N-methyl/N-ethyl adjacent to an activating group) is 1. The zero-order valence-electron chi connectivity index (χ0n) is 13.7. The van der Waals surface area contributed by atoms with Gasteiger partial charge in [0.1, 0.15) is 11.9 Å². The number of carbonyl (C=O) groups excluding carboxylic acids is 3. The second-order valence-corrected chi connectivity index (χ2v) is 5.91. The number of halogens is 1. The molecule has 0 aromatic heterocycles. The van der Waals surface area contributed by atoms with Crippen molar-refractivity contribution in [2.24, 2.45) is 0 Å². The van der Waals surface area contributed by atoms with Crippen LogP contribution in [0.15, 0.2) is 24.3 Å². The van der Waals surface area contributed by atoms with Gasteiger partial charge in [0, 0.05) is 13.1 Å². The van der Waals surface area contributed by atoms with E-state index in [1.807, 2.05) is 19.0 Å². The monoisotopic (exact) mass is 336 g/mol. The lowest BCUT2D eigenvalue weighted by Gasteiger charge is -2.13. The van der Waals surface area contributed by atoms with E-state index in [1.54, 1.807) is 6.07 Å². The summed E-state index contributed by atoms with van der Waals surface area (Å²) in [4.78, 5) is 39.0. The van der Waals surface area contributed by atoms with Crippen molar-refractivity contribution in [3.8, 4) is 0 Å². The molecule has 1 unspecified atom stereocenters. The number of amides is 4. The van der Waals surface area contributed by atoms with Gasteiger partial charge in [-0.25, -0.2) is 9.18 Å². The van der Waals surface area contributed by atoms with Gasteiger partial charge in [-0.3, -0.25) is 14.5 Å². The van der Waals surface area contributed by atoms with E-state index in [1.165, 1.54) is 18.2 Å². The topological polar surface area (TPSA) is 81.8 Å². The first-order chi connectivity index (χ1) is 11.4. The fraction of sp³-hybridized carbons (Fsp3) is 0.438. The van der Waals surface area contributed by atoms with Crippen LogP contribution in [0, 0.1) is 5.82 Å². The van der Waals surface area contributed by atoms with Gasteiger partial charge in [0.25, 0.3) is 5.91 Å². The van der Waals surface area contributed by atoms with Crippen molar-refractivity contribution in [3.05, 3.63) is 35.6 Å². The van der Waals surface area contributed by atoms with Gasteiger partial charge in [-0.1, -0.05) is 12.1 Å². The van der Waals surface area contributed by atoms with E-state index in [2.05, 4.69) is 10.6 Å². The van der Waals surface area contributed by atoms with Crippen molar-refractivity contribution < 1.29 is 18.8 Å². The maximum absolute atomic E-state index is 13.2. The van der Waals surface area contributed by atoms with Crippen molar-refractivity contribution in [1.29, 1.82) is 0 Å². The number of nitrogens with one attached hydrogen (secondary N) is 2. The van der Waals surface area contributed by atoms with E-state index in [0.29, 0.717) is 18.7 Å². The number of hydrogen-bond donors (Lipinski definition) is 2. The maximum Gasteiger partial charge on any atom is 0.325 e. The van der Waals surface area contributed by atoms with E-state index < -0.39 is 23.8 Å². The molecule has 1 aliphatic heterocycles. The normalized spacial score (nSPS) is 17.3. The third-order valence-electron chi connectivity index (χ3n) is 3.61. The molecule has 4 amide bonds. The highest BCUT2D eigenvalue weighted by Gasteiger charge is 2.38. The fourth-order valence-corrected chi connectivity index (χ4v) is 2.36. The highest BCUT2D eigenvalue weighted by Crippen LogP contribution is 2.14. The van der Waals surface area contributed by atoms with Crippen molar-refractivity contribution in [2.75, 3.05) is 27.2 Å². The van der Waals surface area contributed by atoms with Crippen LogP contribution in [-0.4, -0.2) is 60.9 Å². The van der Waals surface area contributed by atoms with Crippen LogP contribution in [0.5, 0.6) is 0 Å². The summed E-state index contributed by atoms with van der Waals surface area (Å²) in [5, 5.41) is 5.19. The quantitative estimate of drug-likeness (QED) is 0.703. The van der Waals surface area contributed by atoms with Gasteiger partial charge in [0.05, 0.1) is 13.0 Å². The molecule has 24 heavy (non-hydrogen) atoms. The Morgan fingerprint density at radius 1 is 1.38 bits per heavy atom. The lowest BCUT2D eigenvalue weighted by atomic mass is 10.1. The van der Waals surface area contributed by atoms with Crippen LogP contribution in [0.1, 0.15) is 12.0 Å². The number of urea groups is 1. The van der Waals surface area contributed by atoms with E-state index in [9.17, 15) is 18.8 Å². The number of hydrogen-bond acceptors (Lipinski definition) is 4. The number of imide groups is 1.